The van der Waals surface area contributed by atoms with E-state index in [4.69, 9.17) is 0 Å². The summed E-state index contributed by atoms with van der Waals surface area (Å²) < 4.78 is 1.51. The average molecular weight is 364 g/mol. The van der Waals surface area contributed by atoms with Crippen molar-refractivity contribution in [2.45, 2.75) is 52.0 Å². The summed E-state index contributed by atoms with van der Waals surface area (Å²) in [6.07, 6.45) is 6.03. The van der Waals surface area contributed by atoms with E-state index >= 15 is 0 Å². The summed E-state index contributed by atoms with van der Waals surface area (Å²) in [7, 11) is 0. The van der Waals surface area contributed by atoms with Crippen LogP contribution in [-0.4, -0.2) is 33.8 Å². The smallest absolute Gasteiger partial charge is 0.416 e. The zero-order valence-corrected chi connectivity index (χ0v) is 16.1. The molecule has 0 bridgehead atoms. The van der Waals surface area contributed by atoms with Gasteiger partial charge in [-0.15, -0.1) is 0 Å². The molecule has 1 fully saturated rings. The lowest BCUT2D eigenvalue weighted by Crippen LogP contribution is -2.29. The van der Waals surface area contributed by atoms with Crippen LogP contribution in [0.25, 0.3) is 21.8 Å². The molecular weight excluding hydrogens is 336 g/mol. The number of likely N-dealkylation sites (tertiary alicyclic amines) is 1. The molecule has 3 aromatic rings. The maximum absolute atomic E-state index is 12.2. The minimum atomic E-state index is -0.894. The number of nitrogens with zero attached hydrogens (tertiary/aromatic N) is 2. The Morgan fingerprint density at radius 2 is 1.78 bits per heavy atom. The quantitative estimate of drug-likeness (QED) is 0.636. The molecule has 0 aliphatic carbocycles. The molecule has 1 saturated heterocycles. The van der Waals surface area contributed by atoms with Gasteiger partial charge in [-0.05, 0) is 56.0 Å². The number of fused-ring (bicyclic) bond motifs is 3. The molecule has 142 valence electrons. The number of piperidine rings is 1. The third-order valence-electron chi connectivity index (χ3n) is 5.82. The highest BCUT2D eigenvalue weighted by atomic mass is 16.4. The van der Waals surface area contributed by atoms with Gasteiger partial charge in [0, 0.05) is 17.3 Å². The Hall–Kier alpha value is -2.33. The minimum Gasteiger partial charge on any atom is -0.464 e. The number of carboxylic acid groups (broad SMARTS) is 1. The van der Waals surface area contributed by atoms with Crippen LogP contribution in [0.2, 0.25) is 0 Å². The third-order valence-corrected chi connectivity index (χ3v) is 5.82. The lowest BCUT2D eigenvalue weighted by molar-refractivity contribution is 0.198. The molecule has 1 aromatic heterocycles. The van der Waals surface area contributed by atoms with Gasteiger partial charge in [0.05, 0.1) is 11.0 Å². The predicted molar refractivity (Wildman–Crippen MR) is 111 cm³/mol. The number of unbranched alkanes of at least 4 members (excludes halogenated alkanes) is 1. The van der Waals surface area contributed by atoms with Gasteiger partial charge in [0.1, 0.15) is 0 Å². The molecule has 1 aliphatic heterocycles. The van der Waals surface area contributed by atoms with Crippen LogP contribution in [0.5, 0.6) is 0 Å². The van der Waals surface area contributed by atoms with Crippen molar-refractivity contribution in [3.8, 4) is 0 Å². The van der Waals surface area contributed by atoms with Crippen LogP contribution in [0.4, 0.5) is 4.79 Å². The molecule has 2 heterocycles. The summed E-state index contributed by atoms with van der Waals surface area (Å²) in [5, 5.41) is 12.2. The third kappa shape index (κ3) is 3.34. The Morgan fingerprint density at radius 3 is 2.52 bits per heavy atom. The molecule has 2 aromatic carbocycles. The molecule has 0 unspecified atom stereocenters. The number of rotatable bonds is 5. The second-order valence-corrected chi connectivity index (χ2v) is 7.68. The number of hydrogen-bond acceptors (Lipinski definition) is 2. The standard InChI is InChI=1S/C23H28N2O2/c1-2-3-9-17-12-13-18(16-24-14-7-4-8-15-24)21-19-10-5-6-11-20(19)25(22(17)21)23(26)27/h5-6,10-13H,2-4,7-9,14-16H2,1H3,(H,26,27). The van der Waals surface area contributed by atoms with Gasteiger partial charge in [0.25, 0.3) is 0 Å². The van der Waals surface area contributed by atoms with E-state index in [1.54, 1.807) is 0 Å². The largest absolute Gasteiger partial charge is 0.464 e. The van der Waals surface area contributed by atoms with Crippen molar-refractivity contribution in [1.82, 2.24) is 9.47 Å². The molecule has 0 spiro atoms. The van der Waals surface area contributed by atoms with Gasteiger partial charge in [-0.3, -0.25) is 4.90 Å². The fourth-order valence-electron chi connectivity index (χ4n) is 4.49. The van der Waals surface area contributed by atoms with E-state index in [9.17, 15) is 9.90 Å². The Balaban J connectivity index is 1.94. The zero-order chi connectivity index (χ0) is 18.8. The summed E-state index contributed by atoms with van der Waals surface area (Å²) in [6, 6.07) is 12.3. The van der Waals surface area contributed by atoms with Crippen molar-refractivity contribution in [2.24, 2.45) is 0 Å². The first-order valence-electron chi connectivity index (χ1n) is 10.2. The fraction of sp³-hybridized carbons (Fsp3) is 0.435. The van der Waals surface area contributed by atoms with Gasteiger partial charge in [-0.1, -0.05) is 50.1 Å². The van der Waals surface area contributed by atoms with E-state index in [-0.39, 0.29) is 0 Å². The molecule has 0 atom stereocenters. The molecule has 4 nitrogen and oxygen atoms in total. The second-order valence-electron chi connectivity index (χ2n) is 7.68. The Morgan fingerprint density at radius 1 is 1.04 bits per heavy atom. The number of hydrogen-bond donors (Lipinski definition) is 1. The number of benzene rings is 2. The Labute approximate surface area is 160 Å². The lowest BCUT2D eigenvalue weighted by Gasteiger charge is -2.27. The fourth-order valence-corrected chi connectivity index (χ4v) is 4.49. The van der Waals surface area contributed by atoms with Crippen LogP contribution in [0.15, 0.2) is 36.4 Å². The molecule has 1 aliphatic rings. The summed E-state index contributed by atoms with van der Waals surface area (Å²) in [5.41, 5.74) is 4.09. The molecule has 0 saturated carbocycles. The summed E-state index contributed by atoms with van der Waals surface area (Å²) in [4.78, 5) is 14.7. The molecule has 1 N–H and O–H groups in total. The number of carbonyl (C=O) groups is 1. The van der Waals surface area contributed by atoms with Crippen LogP contribution >= 0.6 is 0 Å². The number of aryl methyl sites for hydroxylation is 1. The Bertz CT molecular complexity index is 967. The van der Waals surface area contributed by atoms with E-state index in [1.807, 2.05) is 18.2 Å². The predicted octanol–water partition coefficient (Wildman–Crippen LogP) is 5.65. The lowest BCUT2D eigenvalue weighted by atomic mass is 9.99. The number of aromatic nitrogens is 1. The molecule has 4 heteroatoms. The van der Waals surface area contributed by atoms with Crippen LogP contribution < -0.4 is 0 Å². The van der Waals surface area contributed by atoms with Crippen LogP contribution in [0.1, 0.15) is 50.2 Å². The monoisotopic (exact) mass is 364 g/mol. The van der Waals surface area contributed by atoms with Gasteiger partial charge < -0.3 is 5.11 Å². The normalized spacial score (nSPS) is 15.6. The molecule has 0 radical (unpaired) electrons. The van der Waals surface area contributed by atoms with Gasteiger partial charge in [0.15, 0.2) is 0 Å². The molecule has 27 heavy (non-hydrogen) atoms. The summed E-state index contributed by atoms with van der Waals surface area (Å²) >= 11 is 0. The van der Waals surface area contributed by atoms with E-state index in [2.05, 4.69) is 30.0 Å². The van der Waals surface area contributed by atoms with Crippen LogP contribution in [-0.2, 0) is 13.0 Å². The van der Waals surface area contributed by atoms with Crippen molar-refractivity contribution in [3.63, 3.8) is 0 Å². The van der Waals surface area contributed by atoms with Crippen molar-refractivity contribution >= 4 is 27.9 Å². The van der Waals surface area contributed by atoms with Crippen molar-refractivity contribution in [2.75, 3.05) is 13.1 Å². The molecule has 4 rings (SSSR count). The van der Waals surface area contributed by atoms with E-state index in [1.165, 1.54) is 29.4 Å². The van der Waals surface area contributed by atoms with E-state index in [0.717, 1.165) is 66.3 Å². The highest BCUT2D eigenvalue weighted by Gasteiger charge is 2.21. The van der Waals surface area contributed by atoms with Crippen molar-refractivity contribution in [1.29, 1.82) is 0 Å². The van der Waals surface area contributed by atoms with Crippen molar-refractivity contribution < 1.29 is 9.90 Å². The second kappa shape index (κ2) is 7.73. The first-order valence-corrected chi connectivity index (χ1v) is 10.2. The maximum Gasteiger partial charge on any atom is 0.416 e. The number of para-hydroxylation sites is 1. The highest BCUT2D eigenvalue weighted by Crippen LogP contribution is 2.35. The van der Waals surface area contributed by atoms with Crippen LogP contribution in [0.3, 0.4) is 0 Å². The van der Waals surface area contributed by atoms with E-state index in [0.29, 0.717) is 0 Å². The summed E-state index contributed by atoms with van der Waals surface area (Å²) in [6.45, 7) is 5.35. The van der Waals surface area contributed by atoms with Gasteiger partial charge in [0.2, 0.25) is 0 Å². The molecular formula is C23H28N2O2. The first-order chi connectivity index (χ1) is 13.2. The van der Waals surface area contributed by atoms with Crippen molar-refractivity contribution in [3.05, 3.63) is 47.5 Å². The van der Waals surface area contributed by atoms with E-state index < -0.39 is 6.09 Å². The Kier molecular flexibility index (Phi) is 5.17. The van der Waals surface area contributed by atoms with Gasteiger partial charge >= 0.3 is 6.09 Å². The molecule has 0 amide bonds. The summed E-state index contributed by atoms with van der Waals surface area (Å²) in [5.74, 6) is 0. The highest BCUT2D eigenvalue weighted by molar-refractivity contribution is 6.14. The first kappa shape index (κ1) is 18.1. The SMILES string of the molecule is CCCCc1ccc(CN2CCCCC2)c2c3ccccc3n(C(=O)O)c12. The average Bonchev–Trinajstić information content (AvgIpc) is 3.04. The van der Waals surface area contributed by atoms with Gasteiger partial charge in [-0.2, -0.15) is 0 Å². The minimum absolute atomic E-state index is 0.795. The maximum atomic E-state index is 12.2. The topological polar surface area (TPSA) is 45.5 Å². The zero-order valence-electron chi connectivity index (χ0n) is 16.1. The van der Waals surface area contributed by atoms with Gasteiger partial charge in [-0.25, -0.2) is 9.36 Å². The van der Waals surface area contributed by atoms with Crippen LogP contribution in [0, 0.1) is 0 Å².